The molecular weight excluding hydrogens is 462 g/mol. The van der Waals surface area contributed by atoms with Crippen molar-refractivity contribution in [3.8, 4) is 5.75 Å². The van der Waals surface area contributed by atoms with Crippen molar-refractivity contribution < 1.29 is 23.1 Å². The van der Waals surface area contributed by atoms with E-state index in [4.69, 9.17) is 10.5 Å². The van der Waals surface area contributed by atoms with Gasteiger partial charge in [-0.25, -0.2) is 9.00 Å². The fourth-order valence-corrected chi connectivity index (χ4v) is 3.54. The van der Waals surface area contributed by atoms with E-state index < -0.39 is 23.1 Å². The van der Waals surface area contributed by atoms with Gasteiger partial charge in [-0.3, -0.25) is 14.1 Å². The molecule has 3 rings (SSSR count). The van der Waals surface area contributed by atoms with Gasteiger partial charge in [0, 0.05) is 15.7 Å². The first-order valence-corrected chi connectivity index (χ1v) is 10.5. The van der Waals surface area contributed by atoms with Crippen molar-refractivity contribution in [3.63, 3.8) is 0 Å². The van der Waals surface area contributed by atoms with Crippen molar-refractivity contribution in [1.82, 2.24) is 0 Å². The van der Waals surface area contributed by atoms with Crippen molar-refractivity contribution in [2.24, 2.45) is 5.73 Å². The quantitative estimate of drug-likeness (QED) is 0.271. The van der Waals surface area contributed by atoms with E-state index in [1.165, 1.54) is 12.1 Å². The van der Waals surface area contributed by atoms with Crippen molar-refractivity contribution in [1.29, 1.82) is 0 Å². The van der Waals surface area contributed by atoms with Crippen LogP contribution in [-0.4, -0.2) is 20.6 Å². The number of ether oxygens (including phenoxy) is 1. The van der Waals surface area contributed by atoms with Gasteiger partial charge in [0.25, 0.3) is 17.2 Å². The molecule has 5 N–H and O–H groups in total. The van der Waals surface area contributed by atoms with Crippen LogP contribution < -0.4 is 20.5 Å². The second-order valence-corrected chi connectivity index (χ2v) is 7.84. The molecule has 10 heteroatoms. The zero-order valence-electron chi connectivity index (χ0n) is 15.1. The highest BCUT2D eigenvalue weighted by atomic mass is 79.9. The maximum Gasteiger partial charge on any atom is 0.339 e. The van der Waals surface area contributed by atoms with Crippen LogP contribution in [0.1, 0.15) is 29.6 Å². The van der Waals surface area contributed by atoms with Crippen molar-refractivity contribution in [3.05, 3.63) is 58.1 Å². The highest BCUT2D eigenvalue weighted by Gasteiger charge is 2.24. The predicted molar refractivity (Wildman–Crippen MR) is 114 cm³/mol. The predicted octanol–water partition coefficient (Wildman–Crippen LogP) is 3.86. The molecule has 0 aliphatic heterocycles. The molecule has 0 aromatic heterocycles. The molecule has 8 nitrogen and oxygen atoms in total. The first-order valence-electron chi connectivity index (χ1n) is 8.63. The first kappa shape index (κ1) is 21.0. The lowest BCUT2D eigenvalue weighted by molar-refractivity contribution is -0.130. The Morgan fingerprint density at radius 2 is 1.90 bits per heavy atom. The van der Waals surface area contributed by atoms with Crippen LogP contribution in [-0.2, 0) is 16.1 Å². The van der Waals surface area contributed by atoms with E-state index in [1.54, 1.807) is 30.3 Å². The van der Waals surface area contributed by atoms with Gasteiger partial charge < -0.3 is 15.8 Å². The normalized spacial score (nSPS) is 14.1. The molecule has 0 fully saturated rings. The number of rotatable bonds is 7. The maximum absolute atomic E-state index is 12.4. The summed E-state index contributed by atoms with van der Waals surface area (Å²) < 4.78 is 29.1. The van der Waals surface area contributed by atoms with Crippen LogP contribution in [0.2, 0.25) is 0 Å². The summed E-state index contributed by atoms with van der Waals surface area (Å²) in [5, 5.41) is 3.00. The summed E-state index contributed by atoms with van der Waals surface area (Å²) in [6.45, 7) is 0. The Morgan fingerprint density at radius 3 is 2.48 bits per heavy atom. The lowest BCUT2D eigenvalue weighted by atomic mass is 10.1. The van der Waals surface area contributed by atoms with E-state index in [0.717, 1.165) is 17.3 Å². The largest absolute Gasteiger partial charge is 0.422 e. The highest BCUT2D eigenvalue weighted by molar-refractivity contribution is 9.10. The highest BCUT2D eigenvalue weighted by Crippen LogP contribution is 2.37. The summed E-state index contributed by atoms with van der Waals surface area (Å²) in [4.78, 5) is 24.6. The van der Waals surface area contributed by atoms with Gasteiger partial charge >= 0.3 is 5.97 Å². The van der Waals surface area contributed by atoms with E-state index in [-0.39, 0.29) is 22.7 Å². The Labute approximate surface area is 178 Å². The van der Waals surface area contributed by atoms with Gasteiger partial charge in [0.15, 0.2) is 0 Å². The number of anilines is 3. The van der Waals surface area contributed by atoms with Crippen molar-refractivity contribution >= 4 is 56.1 Å². The third kappa shape index (κ3) is 5.22. The number of carbonyl (C=O) groups is 2. The molecule has 1 unspecified atom stereocenters. The van der Waals surface area contributed by atoms with Gasteiger partial charge in [0.05, 0.1) is 11.4 Å². The summed E-state index contributed by atoms with van der Waals surface area (Å²) in [5.41, 5.74) is 6.84. The molecule has 1 amide bonds. The lowest BCUT2D eigenvalue weighted by Gasteiger charge is -2.18. The topological polar surface area (TPSA) is 131 Å². The van der Waals surface area contributed by atoms with Crippen LogP contribution in [0, 0.1) is 0 Å². The second-order valence-electron chi connectivity index (χ2n) is 6.22. The molecule has 0 radical (unpaired) electrons. The fraction of sp³-hybridized carbons (Fsp3) is 0.158. The molecular formula is C19H18BrN3O5S. The minimum Gasteiger partial charge on any atom is -0.422 e. The van der Waals surface area contributed by atoms with Crippen LogP contribution in [0.3, 0.4) is 0 Å². The molecule has 1 aliphatic rings. The average Bonchev–Trinajstić information content (AvgIpc) is 3.20. The third-order valence-electron chi connectivity index (χ3n) is 4.23. The summed E-state index contributed by atoms with van der Waals surface area (Å²) in [5.74, 6) is -1.45. The van der Waals surface area contributed by atoms with E-state index in [9.17, 15) is 18.4 Å². The minimum atomic E-state index is -2.40. The number of nitrogens with one attached hydrogen (secondary N) is 2. The third-order valence-corrected chi connectivity index (χ3v) is 5.15. The molecule has 1 aliphatic carbocycles. The van der Waals surface area contributed by atoms with E-state index in [0.29, 0.717) is 17.7 Å². The van der Waals surface area contributed by atoms with Crippen LogP contribution in [0.4, 0.5) is 17.1 Å². The second kappa shape index (κ2) is 9.21. The van der Waals surface area contributed by atoms with Crippen LogP contribution in [0.15, 0.2) is 52.5 Å². The number of hydrogen-bond donors (Lipinski definition) is 4. The number of nitrogens with two attached hydrogens (primary N) is 1. The van der Waals surface area contributed by atoms with E-state index in [1.807, 2.05) is 0 Å². The van der Waals surface area contributed by atoms with Gasteiger partial charge in [-0.05, 0) is 55.7 Å². The molecule has 2 aromatic rings. The van der Waals surface area contributed by atoms with Gasteiger partial charge in [-0.2, -0.15) is 0 Å². The Kier molecular flexibility index (Phi) is 6.68. The van der Waals surface area contributed by atoms with Crippen molar-refractivity contribution in [2.45, 2.75) is 19.3 Å². The standard InChI is InChI=1S/C19H18BrN3O5S/c20-12-5-7-13(8-6-12)22-17-14(23-29(26)27)9-10-15(16(17)18(21)24)28-19(25)11-3-1-2-4-11/h3,5-10,22-23H,1-2,4H2,(H2,21,24)(H,26,27). The molecule has 0 saturated heterocycles. The average molecular weight is 480 g/mol. The SMILES string of the molecule is NC(=O)c1c(OC(=O)C2=CCCC2)ccc(NS(=O)O)c1Nc1ccc(Br)cc1. The summed E-state index contributed by atoms with van der Waals surface area (Å²) in [7, 11) is 0. The molecule has 1 atom stereocenters. The fourth-order valence-electron chi connectivity index (χ4n) is 2.92. The lowest BCUT2D eigenvalue weighted by Crippen LogP contribution is -2.19. The molecule has 0 saturated carbocycles. The van der Waals surface area contributed by atoms with Gasteiger partial charge in [-0.15, -0.1) is 0 Å². The number of halogens is 1. The summed E-state index contributed by atoms with van der Waals surface area (Å²) in [6, 6.07) is 9.80. The number of benzene rings is 2. The van der Waals surface area contributed by atoms with Crippen LogP contribution in [0.25, 0.3) is 0 Å². The molecule has 2 aromatic carbocycles. The van der Waals surface area contributed by atoms with E-state index >= 15 is 0 Å². The first-order chi connectivity index (χ1) is 13.8. The van der Waals surface area contributed by atoms with E-state index in [2.05, 4.69) is 26.0 Å². The Morgan fingerprint density at radius 1 is 1.17 bits per heavy atom. The zero-order chi connectivity index (χ0) is 21.0. The molecule has 152 valence electrons. The van der Waals surface area contributed by atoms with Crippen LogP contribution >= 0.6 is 15.9 Å². The molecule has 0 bridgehead atoms. The number of hydrogen-bond acceptors (Lipinski definition) is 5. The van der Waals surface area contributed by atoms with Crippen molar-refractivity contribution in [2.75, 3.05) is 10.0 Å². The van der Waals surface area contributed by atoms with Crippen LogP contribution in [0.5, 0.6) is 5.75 Å². The minimum absolute atomic E-state index is 0.0378. The summed E-state index contributed by atoms with van der Waals surface area (Å²) >= 11 is 0.941. The molecule has 0 spiro atoms. The Bertz CT molecular complexity index is 1010. The molecule has 29 heavy (non-hydrogen) atoms. The number of carbonyl (C=O) groups excluding carboxylic acids is 2. The molecule has 0 heterocycles. The van der Waals surface area contributed by atoms with Gasteiger partial charge in [0.1, 0.15) is 11.3 Å². The summed E-state index contributed by atoms with van der Waals surface area (Å²) in [6.07, 6.45) is 4.08. The smallest absolute Gasteiger partial charge is 0.339 e. The number of primary amides is 1. The van der Waals surface area contributed by atoms with Gasteiger partial charge in [-0.1, -0.05) is 22.0 Å². The zero-order valence-corrected chi connectivity index (χ0v) is 17.5. The monoisotopic (exact) mass is 479 g/mol. The number of allylic oxidation sites excluding steroid dienone is 1. The number of amides is 1. The number of esters is 1. The maximum atomic E-state index is 12.4. The van der Waals surface area contributed by atoms with Gasteiger partial charge in [0.2, 0.25) is 0 Å². The Balaban J connectivity index is 2.05. The Hall–Kier alpha value is -2.69.